The molecule has 3 rings (SSSR count). The molecule has 1 aliphatic carbocycles. The summed E-state index contributed by atoms with van der Waals surface area (Å²) in [6.07, 6.45) is 7.60. The summed E-state index contributed by atoms with van der Waals surface area (Å²) in [5.74, 6) is 0. The van der Waals surface area contributed by atoms with Gasteiger partial charge in [0.2, 0.25) is 0 Å². The number of unbranched alkanes of at least 4 members (excludes halogenated alkanes) is 2. The Bertz CT molecular complexity index is 804. The van der Waals surface area contributed by atoms with E-state index in [1.54, 1.807) is 0 Å². The Morgan fingerprint density at radius 3 is 2.26 bits per heavy atom. The van der Waals surface area contributed by atoms with Crippen molar-refractivity contribution < 1.29 is 0 Å². The van der Waals surface area contributed by atoms with Gasteiger partial charge in [-0.1, -0.05) is 71.1 Å². The van der Waals surface area contributed by atoms with E-state index < -0.39 is 0 Å². The van der Waals surface area contributed by atoms with Crippen LogP contribution in [0, 0.1) is 0 Å². The summed E-state index contributed by atoms with van der Waals surface area (Å²) in [4.78, 5) is 0. The van der Waals surface area contributed by atoms with Crippen molar-refractivity contribution in [3.05, 3.63) is 53.1 Å². The molecule has 0 unspecified atom stereocenters. The van der Waals surface area contributed by atoms with E-state index >= 15 is 0 Å². The Morgan fingerprint density at radius 2 is 1.59 bits per heavy atom. The minimum Gasteiger partial charge on any atom is -0.356 e. The molecule has 0 spiro atoms. The molecule has 2 aromatic rings. The van der Waals surface area contributed by atoms with Gasteiger partial charge in [-0.2, -0.15) is 0 Å². The number of benzene rings is 2. The van der Waals surface area contributed by atoms with Crippen LogP contribution in [0.15, 0.2) is 36.4 Å². The summed E-state index contributed by atoms with van der Waals surface area (Å²) in [6, 6.07) is 13.9. The van der Waals surface area contributed by atoms with Gasteiger partial charge in [-0.15, -0.1) is 0 Å². The lowest BCUT2D eigenvalue weighted by Crippen LogP contribution is -2.33. The highest BCUT2D eigenvalue weighted by Gasteiger charge is 2.36. The van der Waals surface area contributed by atoms with Crippen LogP contribution in [0.4, 0.5) is 11.4 Å². The van der Waals surface area contributed by atoms with Crippen LogP contribution in [-0.4, -0.2) is 7.85 Å². The zero-order valence-electron chi connectivity index (χ0n) is 18.2. The number of rotatable bonds is 6. The van der Waals surface area contributed by atoms with Gasteiger partial charge < -0.3 is 5.32 Å². The van der Waals surface area contributed by atoms with Crippen LogP contribution in [0.3, 0.4) is 0 Å². The topological polar surface area (TPSA) is 12.0 Å². The van der Waals surface area contributed by atoms with Crippen molar-refractivity contribution in [2.45, 2.75) is 84.0 Å². The average Bonchev–Trinajstić information content (AvgIpc) is 2.62. The van der Waals surface area contributed by atoms with Crippen molar-refractivity contribution in [1.82, 2.24) is 0 Å². The molecule has 0 amide bonds. The second kappa shape index (κ2) is 7.74. The van der Waals surface area contributed by atoms with Gasteiger partial charge in [0.1, 0.15) is 7.85 Å². The smallest absolute Gasteiger partial charge is 0.142 e. The van der Waals surface area contributed by atoms with Crippen LogP contribution < -0.4 is 10.8 Å². The Balaban J connectivity index is 1.83. The molecular weight excluding hydrogens is 325 g/mol. The van der Waals surface area contributed by atoms with Crippen LogP contribution in [0.1, 0.15) is 83.4 Å². The van der Waals surface area contributed by atoms with Crippen LogP contribution >= 0.6 is 0 Å². The van der Waals surface area contributed by atoms with Gasteiger partial charge in [-0.3, -0.25) is 0 Å². The zero-order valence-corrected chi connectivity index (χ0v) is 18.2. The normalized spacial score (nSPS) is 17.4. The molecule has 0 saturated carbocycles. The predicted molar refractivity (Wildman–Crippen MR) is 123 cm³/mol. The molecule has 0 bridgehead atoms. The van der Waals surface area contributed by atoms with Crippen molar-refractivity contribution in [1.29, 1.82) is 0 Å². The number of hydrogen-bond acceptors (Lipinski definition) is 1. The van der Waals surface area contributed by atoms with Gasteiger partial charge in [0.25, 0.3) is 0 Å². The van der Waals surface area contributed by atoms with Crippen LogP contribution in [-0.2, 0) is 17.3 Å². The van der Waals surface area contributed by atoms with Crippen molar-refractivity contribution in [2.24, 2.45) is 0 Å². The Morgan fingerprint density at radius 1 is 0.889 bits per heavy atom. The summed E-state index contributed by atoms with van der Waals surface area (Å²) in [6.45, 7) is 11.8. The summed E-state index contributed by atoms with van der Waals surface area (Å²) in [7, 11) is 2.22. The lowest BCUT2D eigenvalue weighted by molar-refractivity contribution is 0.332. The van der Waals surface area contributed by atoms with E-state index in [1.165, 1.54) is 72.1 Å². The maximum absolute atomic E-state index is 3.68. The number of aryl methyl sites for hydroxylation is 1. The first-order valence-corrected chi connectivity index (χ1v) is 10.7. The summed E-state index contributed by atoms with van der Waals surface area (Å²) < 4.78 is 0. The van der Waals surface area contributed by atoms with Crippen LogP contribution in [0.2, 0.25) is 0 Å². The van der Waals surface area contributed by atoms with E-state index in [2.05, 4.69) is 84.2 Å². The fraction of sp³-hybridized carbons (Fsp3) is 0.520. The highest BCUT2D eigenvalue weighted by Crippen LogP contribution is 2.46. The van der Waals surface area contributed by atoms with Crippen molar-refractivity contribution in [3.8, 4) is 0 Å². The summed E-state index contributed by atoms with van der Waals surface area (Å²) >= 11 is 0. The minimum atomic E-state index is 0.251. The second-order valence-corrected chi connectivity index (χ2v) is 9.76. The largest absolute Gasteiger partial charge is 0.356 e. The molecule has 0 saturated heterocycles. The fourth-order valence-electron chi connectivity index (χ4n) is 4.42. The van der Waals surface area contributed by atoms with E-state index in [0.29, 0.717) is 0 Å². The Kier molecular flexibility index (Phi) is 5.75. The highest BCUT2D eigenvalue weighted by atomic mass is 14.9. The van der Waals surface area contributed by atoms with Gasteiger partial charge in [0, 0.05) is 11.4 Å². The minimum absolute atomic E-state index is 0.251. The summed E-state index contributed by atoms with van der Waals surface area (Å²) in [5, 5.41) is 3.68. The van der Waals surface area contributed by atoms with E-state index in [1.807, 2.05) is 0 Å². The molecule has 2 heteroatoms. The van der Waals surface area contributed by atoms with E-state index in [0.717, 1.165) is 0 Å². The van der Waals surface area contributed by atoms with Gasteiger partial charge in [0.15, 0.2) is 0 Å². The lowest BCUT2D eigenvalue weighted by atomic mass is 9.63. The van der Waals surface area contributed by atoms with Gasteiger partial charge in [0.05, 0.1) is 0 Å². The highest BCUT2D eigenvalue weighted by molar-refractivity contribution is 6.36. The Hall–Kier alpha value is -1.70. The van der Waals surface area contributed by atoms with E-state index in [-0.39, 0.29) is 10.8 Å². The van der Waals surface area contributed by atoms with Crippen LogP contribution in [0.5, 0.6) is 0 Å². The fourth-order valence-corrected chi connectivity index (χ4v) is 4.42. The molecular formula is C25H36BN. The third-order valence-corrected chi connectivity index (χ3v) is 6.49. The molecule has 27 heavy (non-hydrogen) atoms. The Labute approximate surface area is 167 Å². The maximum Gasteiger partial charge on any atom is 0.142 e. The maximum atomic E-state index is 3.68. The zero-order chi connectivity index (χ0) is 19.7. The molecule has 1 nitrogen and oxygen atoms in total. The number of hydrogen-bond donors (Lipinski definition) is 1. The third kappa shape index (κ3) is 4.42. The van der Waals surface area contributed by atoms with E-state index in [9.17, 15) is 0 Å². The summed E-state index contributed by atoms with van der Waals surface area (Å²) in [5.41, 5.74) is 8.79. The van der Waals surface area contributed by atoms with Crippen LogP contribution in [0.25, 0.3) is 0 Å². The molecule has 0 heterocycles. The molecule has 0 radical (unpaired) electrons. The average molecular weight is 361 g/mol. The third-order valence-electron chi connectivity index (χ3n) is 6.49. The van der Waals surface area contributed by atoms with Gasteiger partial charge >= 0.3 is 0 Å². The molecule has 2 aromatic carbocycles. The molecule has 144 valence electrons. The molecule has 0 fully saturated rings. The molecule has 0 aromatic heterocycles. The second-order valence-electron chi connectivity index (χ2n) is 9.76. The predicted octanol–water partition coefficient (Wildman–Crippen LogP) is 5.77. The molecule has 0 aliphatic heterocycles. The van der Waals surface area contributed by atoms with Gasteiger partial charge in [-0.05, 0) is 71.4 Å². The lowest BCUT2D eigenvalue weighted by Gasteiger charge is -2.42. The van der Waals surface area contributed by atoms with Crippen molar-refractivity contribution in [3.63, 3.8) is 0 Å². The van der Waals surface area contributed by atoms with Crippen molar-refractivity contribution in [2.75, 3.05) is 5.32 Å². The standard InChI is InChI=1S/C25H36BN/c1-6-7-8-9-18-10-13-23(22(26)16-18)27-19-11-12-20-21(17-19)25(4,5)15-14-24(20,2)3/h10-13,16-17,27H,6-9,14-15,26H2,1-5H3. The van der Waals surface area contributed by atoms with Crippen molar-refractivity contribution >= 4 is 24.7 Å². The number of fused-ring (bicyclic) bond motifs is 1. The van der Waals surface area contributed by atoms with E-state index in [4.69, 9.17) is 0 Å². The molecule has 0 atom stereocenters. The van der Waals surface area contributed by atoms with Gasteiger partial charge in [-0.25, -0.2) is 0 Å². The first kappa shape index (κ1) is 20.0. The first-order valence-electron chi connectivity index (χ1n) is 10.7. The molecule has 1 aliphatic rings. The quantitative estimate of drug-likeness (QED) is 0.509. The monoisotopic (exact) mass is 361 g/mol. The number of nitrogens with one attached hydrogen (secondary N) is 1. The number of anilines is 2. The first-order chi connectivity index (χ1) is 12.7. The SMILES string of the molecule is Bc1cc(CCCCC)ccc1Nc1ccc2c(c1)C(C)(C)CCC2(C)C. The molecule has 1 N–H and O–H groups in total.